The van der Waals surface area contributed by atoms with Gasteiger partial charge in [-0.05, 0) is 41.9 Å². The van der Waals surface area contributed by atoms with Crippen molar-refractivity contribution >= 4 is 40.0 Å². The highest BCUT2D eigenvalue weighted by molar-refractivity contribution is 6.63. The Morgan fingerprint density at radius 1 is 1.07 bits per heavy atom. The molecule has 0 aliphatic heterocycles. The van der Waals surface area contributed by atoms with Crippen LogP contribution in [0.5, 0.6) is 0 Å². The minimum atomic E-state index is -4.48. The van der Waals surface area contributed by atoms with E-state index in [1.165, 1.54) is 23.0 Å². The van der Waals surface area contributed by atoms with E-state index in [9.17, 15) is 18.0 Å². The molecule has 0 aliphatic carbocycles. The molecular weight excluding hydrogens is 424 g/mol. The van der Waals surface area contributed by atoms with Crippen molar-refractivity contribution in [2.24, 2.45) is 0 Å². The average Bonchev–Trinajstić information content (AvgIpc) is 3.00. The third-order valence-electron chi connectivity index (χ3n) is 3.75. The van der Waals surface area contributed by atoms with Crippen molar-refractivity contribution in [3.05, 3.63) is 69.8 Å². The lowest BCUT2D eigenvalue weighted by atomic mass is 10.1. The van der Waals surface area contributed by atoms with Gasteiger partial charge in [0.1, 0.15) is 0 Å². The first-order valence-electron chi connectivity index (χ1n) is 7.55. The number of hydrogen-bond acceptors (Lipinski definition) is 2. The van der Waals surface area contributed by atoms with Gasteiger partial charge in [0.25, 0.3) is 0 Å². The van der Waals surface area contributed by atoms with Gasteiger partial charge in [0.05, 0.1) is 33.4 Å². The minimum absolute atomic E-state index is 0.143. The van der Waals surface area contributed by atoms with E-state index >= 15 is 0 Å². The number of rotatable bonds is 4. The standard InChI is InChI=1S/C18H10Cl3F3N2O/c19-14-5-4-10(6-15(14)20)17-11(7-16(21)27)9-26(25-17)13-3-1-2-12(8-13)18(22,23)24/h1-6,8-9H,7H2. The average molecular weight is 434 g/mol. The largest absolute Gasteiger partial charge is 0.416 e. The molecule has 9 heteroatoms. The monoisotopic (exact) mass is 432 g/mol. The van der Waals surface area contributed by atoms with Crippen LogP contribution in [0.2, 0.25) is 10.0 Å². The maximum absolute atomic E-state index is 13.0. The Morgan fingerprint density at radius 2 is 1.81 bits per heavy atom. The molecule has 3 rings (SSSR count). The molecule has 1 heterocycles. The van der Waals surface area contributed by atoms with Crippen molar-refractivity contribution in [3.63, 3.8) is 0 Å². The third-order valence-corrected chi connectivity index (χ3v) is 4.62. The predicted octanol–water partition coefficient (Wildman–Crippen LogP) is 6.17. The molecule has 140 valence electrons. The van der Waals surface area contributed by atoms with Gasteiger partial charge in [0.15, 0.2) is 0 Å². The lowest BCUT2D eigenvalue weighted by Gasteiger charge is -2.08. The zero-order valence-electron chi connectivity index (χ0n) is 13.4. The highest BCUT2D eigenvalue weighted by atomic mass is 35.5. The topological polar surface area (TPSA) is 34.9 Å². The van der Waals surface area contributed by atoms with E-state index in [2.05, 4.69) is 5.10 Å². The van der Waals surface area contributed by atoms with Gasteiger partial charge in [-0.25, -0.2) is 4.68 Å². The molecule has 0 spiro atoms. The van der Waals surface area contributed by atoms with E-state index in [-0.39, 0.29) is 17.1 Å². The first-order chi connectivity index (χ1) is 12.6. The summed E-state index contributed by atoms with van der Waals surface area (Å²) in [6, 6.07) is 9.47. The SMILES string of the molecule is O=C(Cl)Cc1cn(-c2cccc(C(F)(F)F)c2)nc1-c1ccc(Cl)c(Cl)c1. The van der Waals surface area contributed by atoms with Crippen LogP contribution < -0.4 is 0 Å². The Labute approximate surface area is 167 Å². The van der Waals surface area contributed by atoms with Crippen LogP contribution in [0.1, 0.15) is 11.1 Å². The van der Waals surface area contributed by atoms with Crippen LogP contribution >= 0.6 is 34.8 Å². The first-order valence-corrected chi connectivity index (χ1v) is 8.68. The molecular formula is C18H10Cl3F3N2O. The maximum Gasteiger partial charge on any atom is 0.416 e. The number of halogens is 6. The smallest absolute Gasteiger partial charge is 0.281 e. The van der Waals surface area contributed by atoms with E-state index in [0.717, 1.165) is 12.1 Å². The van der Waals surface area contributed by atoms with Crippen LogP contribution in [0.15, 0.2) is 48.7 Å². The van der Waals surface area contributed by atoms with Crippen LogP contribution in [0.25, 0.3) is 16.9 Å². The first kappa shape index (κ1) is 19.7. The Kier molecular flexibility index (Phi) is 5.51. The zero-order chi connectivity index (χ0) is 19.8. The summed E-state index contributed by atoms with van der Waals surface area (Å²) in [7, 11) is 0. The van der Waals surface area contributed by atoms with Gasteiger partial charge >= 0.3 is 6.18 Å². The molecule has 0 bridgehead atoms. The maximum atomic E-state index is 13.0. The number of aromatic nitrogens is 2. The summed E-state index contributed by atoms with van der Waals surface area (Å²) in [5.74, 6) is 0. The van der Waals surface area contributed by atoms with E-state index < -0.39 is 17.0 Å². The summed E-state index contributed by atoms with van der Waals surface area (Å²) < 4.78 is 40.2. The van der Waals surface area contributed by atoms with Crippen LogP contribution in [-0.2, 0) is 17.4 Å². The molecule has 3 nitrogen and oxygen atoms in total. The number of nitrogens with zero attached hydrogens (tertiary/aromatic N) is 2. The van der Waals surface area contributed by atoms with Crippen molar-refractivity contribution in [2.45, 2.75) is 12.6 Å². The van der Waals surface area contributed by atoms with Gasteiger partial charge in [-0.3, -0.25) is 4.79 Å². The molecule has 0 saturated carbocycles. The molecule has 0 aliphatic rings. The van der Waals surface area contributed by atoms with Crippen molar-refractivity contribution < 1.29 is 18.0 Å². The fourth-order valence-electron chi connectivity index (χ4n) is 2.53. The van der Waals surface area contributed by atoms with Crippen molar-refractivity contribution in [2.75, 3.05) is 0 Å². The lowest BCUT2D eigenvalue weighted by Crippen LogP contribution is -2.06. The summed E-state index contributed by atoms with van der Waals surface area (Å²) in [4.78, 5) is 11.4. The summed E-state index contributed by atoms with van der Waals surface area (Å²) in [6.45, 7) is 0. The highest BCUT2D eigenvalue weighted by Crippen LogP contribution is 2.32. The minimum Gasteiger partial charge on any atom is -0.281 e. The lowest BCUT2D eigenvalue weighted by molar-refractivity contribution is -0.137. The molecule has 0 unspecified atom stereocenters. The fourth-order valence-corrected chi connectivity index (χ4v) is 2.97. The Bertz CT molecular complexity index is 1020. The van der Waals surface area contributed by atoms with Gasteiger partial charge < -0.3 is 0 Å². The summed E-state index contributed by atoms with van der Waals surface area (Å²) >= 11 is 17.4. The molecule has 27 heavy (non-hydrogen) atoms. The molecule has 0 amide bonds. The van der Waals surface area contributed by atoms with Gasteiger partial charge in [-0.1, -0.05) is 35.3 Å². The summed E-state index contributed by atoms with van der Waals surface area (Å²) in [6.07, 6.45) is -3.16. The van der Waals surface area contributed by atoms with E-state index in [1.54, 1.807) is 18.2 Å². The molecule has 3 aromatic rings. The molecule has 0 radical (unpaired) electrons. The van der Waals surface area contributed by atoms with Gasteiger partial charge in [0, 0.05) is 17.3 Å². The normalized spacial score (nSPS) is 11.6. The number of carbonyl (C=O) groups is 1. The molecule has 1 aromatic heterocycles. The molecule has 0 saturated heterocycles. The Morgan fingerprint density at radius 3 is 2.44 bits per heavy atom. The quantitative estimate of drug-likeness (QED) is 0.461. The van der Waals surface area contributed by atoms with Gasteiger partial charge in [-0.2, -0.15) is 18.3 Å². The number of hydrogen-bond donors (Lipinski definition) is 0. The molecule has 0 N–H and O–H groups in total. The second kappa shape index (κ2) is 7.54. The second-order valence-electron chi connectivity index (χ2n) is 5.66. The van der Waals surface area contributed by atoms with Gasteiger partial charge in [-0.15, -0.1) is 0 Å². The predicted molar refractivity (Wildman–Crippen MR) is 98.6 cm³/mol. The second-order valence-corrected chi connectivity index (χ2v) is 6.89. The van der Waals surface area contributed by atoms with Gasteiger partial charge in [0.2, 0.25) is 5.24 Å². The third kappa shape index (κ3) is 4.46. The number of alkyl halides is 3. The summed E-state index contributed by atoms with van der Waals surface area (Å²) in [5.41, 5.74) is 0.773. The van der Waals surface area contributed by atoms with E-state index in [1.807, 2.05) is 0 Å². The van der Waals surface area contributed by atoms with E-state index in [4.69, 9.17) is 34.8 Å². The van der Waals surface area contributed by atoms with Crippen molar-refractivity contribution in [1.29, 1.82) is 0 Å². The Balaban J connectivity index is 2.12. The Hall–Kier alpha value is -2.02. The van der Waals surface area contributed by atoms with Crippen molar-refractivity contribution in [3.8, 4) is 16.9 Å². The number of benzene rings is 2. The van der Waals surface area contributed by atoms with E-state index in [0.29, 0.717) is 21.8 Å². The molecule has 2 aromatic carbocycles. The number of carbonyl (C=O) groups excluding carboxylic acids is 1. The van der Waals surface area contributed by atoms with Crippen LogP contribution in [0.3, 0.4) is 0 Å². The molecule has 0 atom stereocenters. The fraction of sp³-hybridized carbons (Fsp3) is 0.111. The van der Waals surface area contributed by atoms with Crippen LogP contribution in [0.4, 0.5) is 13.2 Å². The van der Waals surface area contributed by atoms with Crippen molar-refractivity contribution in [1.82, 2.24) is 9.78 Å². The zero-order valence-corrected chi connectivity index (χ0v) is 15.7. The van der Waals surface area contributed by atoms with Crippen LogP contribution in [-0.4, -0.2) is 15.0 Å². The van der Waals surface area contributed by atoms with Crippen LogP contribution in [0, 0.1) is 0 Å². The molecule has 0 fully saturated rings. The highest BCUT2D eigenvalue weighted by Gasteiger charge is 2.30. The summed E-state index contributed by atoms with van der Waals surface area (Å²) in [5, 5.41) is 4.33.